The number of benzene rings is 1. The Kier molecular flexibility index (Phi) is 4.53. The van der Waals surface area contributed by atoms with Crippen molar-refractivity contribution in [1.29, 1.82) is 0 Å². The molecule has 5 heteroatoms. The Morgan fingerprint density at radius 3 is 2.39 bits per heavy atom. The largest absolute Gasteiger partial charge is 0.392 e. The Morgan fingerprint density at radius 1 is 1.28 bits per heavy atom. The molecule has 2 N–H and O–H groups in total. The summed E-state index contributed by atoms with van der Waals surface area (Å²) in [5.74, 6) is 0. The number of sulfonamides is 1. The molecule has 18 heavy (non-hydrogen) atoms. The van der Waals surface area contributed by atoms with Gasteiger partial charge in [0, 0.05) is 6.54 Å². The van der Waals surface area contributed by atoms with Gasteiger partial charge in [0.2, 0.25) is 10.0 Å². The van der Waals surface area contributed by atoms with Crippen LogP contribution in [0.5, 0.6) is 0 Å². The van der Waals surface area contributed by atoms with E-state index >= 15 is 0 Å². The summed E-state index contributed by atoms with van der Waals surface area (Å²) in [5, 5.41) is 9.15. The van der Waals surface area contributed by atoms with Crippen molar-refractivity contribution in [3.63, 3.8) is 0 Å². The lowest BCUT2D eigenvalue weighted by atomic mass is 9.98. The minimum Gasteiger partial charge on any atom is -0.392 e. The Morgan fingerprint density at radius 2 is 1.89 bits per heavy atom. The van der Waals surface area contributed by atoms with Crippen molar-refractivity contribution < 1.29 is 13.5 Å². The Balaban J connectivity index is 3.06. The smallest absolute Gasteiger partial charge is 0.240 e. The first kappa shape index (κ1) is 15.1. The summed E-state index contributed by atoms with van der Waals surface area (Å²) < 4.78 is 26.9. The summed E-state index contributed by atoms with van der Waals surface area (Å²) in [6.45, 7) is 7.81. The Bertz CT molecular complexity index is 516. The lowest BCUT2D eigenvalue weighted by molar-refractivity contribution is 0.280. The van der Waals surface area contributed by atoms with Gasteiger partial charge in [0.05, 0.1) is 11.5 Å². The normalized spacial score (nSPS) is 12.7. The van der Waals surface area contributed by atoms with Gasteiger partial charge in [0.25, 0.3) is 0 Å². The summed E-state index contributed by atoms with van der Waals surface area (Å²) in [4.78, 5) is 0.235. The molecule has 4 nitrogen and oxygen atoms in total. The molecule has 0 aliphatic heterocycles. The van der Waals surface area contributed by atoms with E-state index in [9.17, 15) is 8.42 Å². The van der Waals surface area contributed by atoms with Crippen molar-refractivity contribution in [2.75, 3.05) is 6.54 Å². The highest BCUT2D eigenvalue weighted by Gasteiger charge is 2.20. The first-order chi connectivity index (χ1) is 8.17. The van der Waals surface area contributed by atoms with Crippen LogP contribution in [0.2, 0.25) is 0 Å². The van der Waals surface area contributed by atoms with Gasteiger partial charge in [-0.25, -0.2) is 13.1 Å². The third kappa shape index (κ3) is 3.80. The molecule has 0 fully saturated rings. The predicted molar refractivity (Wildman–Crippen MR) is 71.7 cm³/mol. The highest BCUT2D eigenvalue weighted by atomic mass is 32.2. The van der Waals surface area contributed by atoms with Crippen LogP contribution >= 0.6 is 0 Å². The van der Waals surface area contributed by atoms with Crippen LogP contribution in [0.25, 0.3) is 0 Å². The summed E-state index contributed by atoms with van der Waals surface area (Å²) in [6.07, 6.45) is 0. The van der Waals surface area contributed by atoms with E-state index in [0.717, 1.165) is 0 Å². The molecule has 0 saturated heterocycles. The van der Waals surface area contributed by atoms with E-state index in [4.69, 9.17) is 5.11 Å². The van der Waals surface area contributed by atoms with Crippen LogP contribution in [0.3, 0.4) is 0 Å². The molecular formula is C13H21NO3S. The quantitative estimate of drug-likeness (QED) is 0.877. The second kappa shape index (κ2) is 5.38. The molecule has 0 aliphatic rings. The maximum Gasteiger partial charge on any atom is 0.240 e. The molecule has 1 aromatic rings. The number of hydrogen-bond donors (Lipinski definition) is 2. The van der Waals surface area contributed by atoms with Crippen LogP contribution < -0.4 is 4.72 Å². The fraction of sp³-hybridized carbons (Fsp3) is 0.538. The first-order valence-corrected chi connectivity index (χ1v) is 7.35. The van der Waals surface area contributed by atoms with Crippen LogP contribution in [-0.2, 0) is 16.6 Å². The standard InChI is InChI=1S/C13H21NO3S/c1-10-11(8-15)6-5-7-12(10)18(16,17)14-9-13(2,3)4/h5-7,14-15H,8-9H2,1-4H3. The fourth-order valence-corrected chi connectivity index (χ4v) is 3.08. The molecule has 0 radical (unpaired) electrons. The van der Waals surface area contributed by atoms with Gasteiger partial charge in [0.15, 0.2) is 0 Å². The zero-order valence-electron chi connectivity index (χ0n) is 11.3. The molecule has 1 aromatic carbocycles. The second-order valence-electron chi connectivity index (χ2n) is 5.58. The third-order valence-electron chi connectivity index (χ3n) is 2.65. The van der Waals surface area contributed by atoms with Gasteiger partial charge in [-0.2, -0.15) is 0 Å². The van der Waals surface area contributed by atoms with E-state index in [0.29, 0.717) is 17.7 Å². The lowest BCUT2D eigenvalue weighted by Crippen LogP contribution is -2.32. The highest BCUT2D eigenvalue weighted by molar-refractivity contribution is 7.89. The van der Waals surface area contributed by atoms with E-state index < -0.39 is 10.0 Å². The molecule has 0 aromatic heterocycles. The zero-order valence-corrected chi connectivity index (χ0v) is 12.1. The zero-order chi connectivity index (χ0) is 14.0. The van der Waals surface area contributed by atoms with Crippen LogP contribution in [0.4, 0.5) is 0 Å². The van der Waals surface area contributed by atoms with Gasteiger partial charge in [-0.05, 0) is 29.5 Å². The van der Waals surface area contributed by atoms with Crippen LogP contribution in [0.15, 0.2) is 23.1 Å². The minimum atomic E-state index is -3.52. The summed E-state index contributed by atoms with van der Waals surface area (Å²) >= 11 is 0. The molecule has 0 atom stereocenters. The third-order valence-corrected chi connectivity index (χ3v) is 4.19. The molecular weight excluding hydrogens is 250 g/mol. The van der Waals surface area contributed by atoms with Crippen molar-refractivity contribution in [3.8, 4) is 0 Å². The lowest BCUT2D eigenvalue weighted by Gasteiger charge is -2.19. The van der Waals surface area contributed by atoms with Gasteiger partial charge in [0.1, 0.15) is 0 Å². The number of aliphatic hydroxyl groups excluding tert-OH is 1. The van der Waals surface area contributed by atoms with E-state index in [1.807, 2.05) is 20.8 Å². The molecule has 0 spiro atoms. The molecule has 102 valence electrons. The maximum atomic E-state index is 12.2. The first-order valence-electron chi connectivity index (χ1n) is 5.86. The van der Waals surface area contributed by atoms with Crippen molar-refractivity contribution in [3.05, 3.63) is 29.3 Å². The molecule has 0 aliphatic carbocycles. The van der Waals surface area contributed by atoms with Crippen molar-refractivity contribution in [2.24, 2.45) is 5.41 Å². The SMILES string of the molecule is Cc1c(CO)cccc1S(=O)(=O)NCC(C)(C)C. The number of aliphatic hydroxyl groups is 1. The van der Waals surface area contributed by atoms with E-state index in [1.54, 1.807) is 25.1 Å². The number of nitrogens with one attached hydrogen (secondary N) is 1. The Labute approximate surface area is 109 Å². The average molecular weight is 271 g/mol. The molecule has 1 rings (SSSR count). The average Bonchev–Trinajstić information content (AvgIpc) is 2.26. The fourth-order valence-electron chi connectivity index (χ4n) is 1.51. The van der Waals surface area contributed by atoms with Gasteiger partial charge < -0.3 is 5.11 Å². The highest BCUT2D eigenvalue weighted by Crippen LogP contribution is 2.20. The van der Waals surface area contributed by atoms with Crippen molar-refractivity contribution >= 4 is 10.0 Å². The summed E-state index contributed by atoms with van der Waals surface area (Å²) in [5.41, 5.74) is 1.12. The molecule has 0 heterocycles. The molecule has 0 saturated carbocycles. The molecule has 0 bridgehead atoms. The molecule has 0 unspecified atom stereocenters. The van der Waals surface area contributed by atoms with Gasteiger partial charge in [-0.3, -0.25) is 0 Å². The molecule has 0 amide bonds. The van der Waals surface area contributed by atoms with Crippen molar-refractivity contribution in [2.45, 2.75) is 39.2 Å². The number of hydrogen-bond acceptors (Lipinski definition) is 3. The van der Waals surface area contributed by atoms with E-state index in [-0.39, 0.29) is 16.9 Å². The van der Waals surface area contributed by atoms with Crippen LogP contribution in [0, 0.1) is 12.3 Å². The number of rotatable bonds is 4. The van der Waals surface area contributed by atoms with E-state index in [2.05, 4.69) is 4.72 Å². The second-order valence-corrected chi connectivity index (χ2v) is 7.32. The summed E-state index contributed by atoms with van der Waals surface area (Å²) in [7, 11) is -3.52. The minimum absolute atomic E-state index is 0.116. The van der Waals surface area contributed by atoms with Gasteiger partial charge in [-0.15, -0.1) is 0 Å². The van der Waals surface area contributed by atoms with Crippen molar-refractivity contribution in [1.82, 2.24) is 4.72 Å². The predicted octanol–water partition coefficient (Wildman–Crippen LogP) is 1.81. The van der Waals surface area contributed by atoms with Gasteiger partial charge in [-0.1, -0.05) is 32.9 Å². The van der Waals surface area contributed by atoms with Gasteiger partial charge >= 0.3 is 0 Å². The monoisotopic (exact) mass is 271 g/mol. The van der Waals surface area contributed by atoms with Crippen LogP contribution in [0.1, 0.15) is 31.9 Å². The topological polar surface area (TPSA) is 66.4 Å². The van der Waals surface area contributed by atoms with Crippen LogP contribution in [-0.4, -0.2) is 20.1 Å². The Hall–Kier alpha value is -0.910. The summed E-state index contributed by atoms with van der Waals surface area (Å²) in [6, 6.07) is 4.92. The van der Waals surface area contributed by atoms with E-state index in [1.165, 1.54) is 0 Å². The maximum absolute atomic E-state index is 12.2.